The molecule has 0 saturated carbocycles. The number of pyridine rings is 1. The number of alkyl halides is 2. The number of rotatable bonds is 7. The molecule has 0 spiro atoms. The lowest BCUT2D eigenvalue weighted by Gasteiger charge is -2.44. The van der Waals surface area contributed by atoms with Crippen LogP contribution in [0.2, 0.25) is 0 Å². The van der Waals surface area contributed by atoms with E-state index < -0.39 is 41.9 Å². The summed E-state index contributed by atoms with van der Waals surface area (Å²) in [5.74, 6) is -1.20. The highest BCUT2D eigenvalue weighted by molar-refractivity contribution is 5.97. The molecule has 1 aliphatic heterocycles. The highest BCUT2D eigenvalue weighted by atomic mass is 19.3. The molecule has 1 atom stereocenters. The third-order valence-electron chi connectivity index (χ3n) is 5.96. The van der Waals surface area contributed by atoms with Gasteiger partial charge in [-0.05, 0) is 57.9 Å². The highest BCUT2D eigenvalue weighted by Gasteiger charge is 2.41. The van der Waals surface area contributed by atoms with Gasteiger partial charge in [-0.15, -0.1) is 0 Å². The minimum absolute atomic E-state index is 0.00122. The van der Waals surface area contributed by atoms with Gasteiger partial charge in [0.25, 0.3) is 0 Å². The fourth-order valence-electron chi connectivity index (χ4n) is 4.43. The molecular weight excluding hydrogens is 491 g/mol. The van der Waals surface area contributed by atoms with Crippen LogP contribution in [-0.4, -0.2) is 61.9 Å². The Morgan fingerprint density at radius 3 is 2.54 bits per heavy atom. The Balaban J connectivity index is 1.97. The van der Waals surface area contributed by atoms with Crippen molar-refractivity contribution in [3.05, 3.63) is 41.8 Å². The van der Waals surface area contributed by atoms with Crippen LogP contribution in [0.1, 0.15) is 50.4 Å². The van der Waals surface area contributed by atoms with Crippen molar-refractivity contribution in [2.45, 2.75) is 57.6 Å². The number of piperidine rings is 1. The van der Waals surface area contributed by atoms with Gasteiger partial charge in [0.1, 0.15) is 5.60 Å². The number of hydrogen-bond acceptors (Lipinski definition) is 7. The van der Waals surface area contributed by atoms with Crippen LogP contribution in [0, 0.1) is 5.82 Å². The number of nitrogens with zero attached hydrogens (tertiary/aromatic N) is 2. The second kappa shape index (κ2) is 11.3. The third kappa shape index (κ3) is 7.05. The highest BCUT2D eigenvalue weighted by Crippen LogP contribution is 2.34. The van der Waals surface area contributed by atoms with E-state index >= 15 is 0 Å². The van der Waals surface area contributed by atoms with Crippen LogP contribution < -0.4 is 15.0 Å². The molecule has 2 heterocycles. The van der Waals surface area contributed by atoms with Crippen molar-refractivity contribution >= 4 is 17.7 Å². The molecular formula is C26H32F3N3O5. The number of nitrogens with one attached hydrogen (secondary N) is 1. The molecule has 1 saturated heterocycles. The Labute approximate surface area is 214 Å². The SMILES string of the molecule is COC(=O)c1cc(-c2ccc(OC)c(F)c2)ncc1N1CCCC(CC(F)F)(NC(=O)OC(C)(C)C)C1. The van der Waals surface area contributed by atoms with Crippen LogP contribution in [0.5, 0.6) is 5.75 Å². The maximum Gasteiger partial charge on any atom is 0.408 e. The average Bonchev–Trinajstić information content (AvgIpc) is 2.81. The van der Waals surface area contributed by atoms with Crippen LogP contribution in [0.15, 0.2) is 30.5 Å². The van der Waals surface area contributed by atoms with Gasteiger partial charge < -0.3 is 24.4 Å². The zero-order chi connectivity index (χ0) is 27.4. The number of esters is 1. The second-order valence-corrected chi connectivity index (χ2v) is 9.96. The average molecular weight is 524 g/mol. The second-order valence-electron chi connectivity index (χ2n) is 9.96. The molecule has 2 aromatic rings. The van der Waals surface area contributed by atoms with Crippen molar-refractivity contribution in [2.75, 3.05) is 32.2 Å². The molecule has 0 aliphatic carbocycles. The van der Waals surface area contributed by atoms with E-state index in [0.29, 0.717) is 36.3 Å². The Bertz CT molecular complexity index is 1140. The van der Waals surface area contributed by atoms with Gasteiger partial charge in [-0.1, -0.05) is 0 Å². The van der Waals surface area contributed by atoms with E-state index in [1.807, 2.05) is 0 Å². The summed E-state index contributed by atoms with van der Waals surface area (Å²) in [6.45, 7) is 5.49. The number of hydrogen-bond donors (Lipinski definition) is 1. The van der Waals surface area contributed by atoms with Crippen LogP contribution >= 0.6 is 0 Å². The van der Waals surface area contributed by atoms with E-state index in [1.54, 1.807) is 31.7 Å². The van der Waals surface area contributed by atoms with Gasteiger partial charge in [0.2, 0.25) is 6.43 Å². The monoisotopic (exact) mass is 523 g/mol. The number of alkyl carbamates (subject to hydrolysis) is 1. The molecule has 1 aromatic carbocycles. The van der Waals surface area contributed by atoms with E-state index in [1.165, 1.54) is 38.6 Å². The van der Waals surface area contributed by atoms with E-state index in [9.17, 15) is 22.8 Å². The van der Waals surface area contributed by atoms with Crippen molar-refractivity contribution in [2.24, 2.45) is 0 Å². The van der Waals surface area contributed by atoms with E-state index in [0.717, 1.165) is 0 Å². The first kappa shape index (κ1) is 28.1. The minimum Gasteiger partial charge on any atom is -0.494 e. The molecule has 11 heteroatoms. The van der Waals surface area contributed by atoms with Crippen molar-refractivity contribution in [3.8, 4) is 17.0 Å². The number of benzene rings is 1. The minimum atomic E-state index is -2.68. The quantitative estimate of drug-likeness (QED) is 0.499. The lowest BCUT2D eigenvalue weighted by Crippen LogP contribution is -2.60. The number of amides is 1. The summed E-state index contributed by atoms with van der Waals surface area (Å²) in [6, 6.07) is 5.75. The van der Waals surface area contributed by atoms with Crippen LogP contribution in [0.3, 0.4) is 0 Å². The predicted octanol–water partition coefficient (Wildman–Crippen LogP) is 5.20. The number of aromatic nitrogens is 1. The van der Waals surface area contributed by atoms with Gasteiger partial charge >= 0.3 is 12.1 Å². The Kier molecular flexibility index (Phi) is 8.55. The standard InChI is InChI=1S/C26H32F3N3O5/c1-25(2,3)37-24(34)31-26(13-22(28)29)9-6-10-32(15-26)20-14-30-19(12-17(20)23(33)36-5)16-7-8-21(35-4)18(27)11-16/h7-8,11-12,14,22H,6,9-10,13,15H2,1-5H3,(H,31,34). The number of ether oxygens (including phenoxy) is 3. The summed E-state index contributed by atoms with van der Waals surface area (Å²) in [5, 5.41) is 2.66. The van der Waals surface area contributed by atoms with Crippen LogP contribution in [-0.2, 0) is 9.47 Å². The van der Waals surface area contributed by atoms with Gasteiger partial charge in [-0.3, -0.25) is 4.98 Å². The molecule has 1 unspecified atom stereocenters. The summed E-state index contributed by atoms with van der Waals surface area (Å²) in [4.78, 5) is 31.4. The summed E-state index contributed by atoms with van der Waals surface area (Å²) < 4.78 is 56.8. The zero-order valence-electron chi connectivity index (χ0n) is 21.6. The van der Waals surface area contributed by atoms with Crippen LogP contribution in [0.4, 0.5) is 23.7 Å². The molecule has 3 rings (SSSR count). The Morgan fingerprint density at radius 1 is 1.22 bits per heavy atom. The first-order valence-corrected chi connectivity index (χ1v) is 11.8. The molecule has 1 amide bonds. The van der Waals surface area contributed by atoms with Crippen LogP contribution in [0.25, 0.3) is 11.3 Å². The lowest BCUT2D eigenvalue weighted by molar-refractivity contribution is 0.0343. The van der Waals surface area contributed by atoms with Crippen molar-refractivity contribution in [3.63, 3.8) is 0 Å². The molecule has 1 fully saturated rings. The van der Waals surface area contributed by atoms with E-state index in [2.05, 4.69) is 10.3 Å². The molecule has 8 nitrogen and oxygen atoms in total. The van der Waals surface area contributed by atoms with Crippen molar-refractivity contribution in [1.82, 2.24) is 10.3 Å². The summed E-state index contributed by atoms with van der Waals surface area (Å²) in [7, 11) is 2.57. The van der Waals surface area contributed by atoms with Crippen molar-refractivity contribution in [1.29, 1.82) is 0 Å². The number of halogens is 3. The molecule has 0 radical (unpaired) electrons. The molecule has 1 N–H and O–H groups in total. The maximum atomic E-state index is 14.3. The Morgan fingerprint density at radius 2 is 1.95 bits per heavy atom. The molecule has 1 aliphatic rings. The summed E-state index contributed by atoms with van der Waals surface area (Å²) in [5.41, 5.74) is -0.883. The number of anilines is 1. The smallest absolute Gasteiger partial charge is 0.408 e. The number of methoxy groups -OCH3 is 2. The lowest BCUT2D eigenvalue weighted by atomic mass is 9.85. The van der Waals surface area contributed by atoms with Gasteiger partial charge in [-0.2, -0.15) is 0 Å². The largest absolute Gasteiger partial charge is 0.494 e. The normalized spacial score (nSPS) is 17.9. The molecule has 202 valence electrons. The molecule has 1 aromatic heterocycles. The number of carbonyl (C=O) groups excluding carboxylic acids is 2. The maximum absolute atomic E-state index is 14.3. The molecule has 0 bridgehead atoms. The van der Waals surface area contributed by atoms with E-state index in [4.69, 9.17) is 14.2 Å². The van der Waals surface area contributed by atoms with Gasteiger partial charge in [0, 0.05) is 25.1 Å². The summed E-state index contributed by atoms with van der Waals surface area (Å²) >= 11 is 0. The fourth-order valence-corrected chi connectivity index (χ4v) is 4.43. The van der Waals surface area contributed by atoms with E-state index in [-0.39, 0.29) is 17.9 Å². The first-order valence-electron chi connectivity index (χ1n) is 11.8. The third-order valence-corrected chi connectivity index (χ3v) is 5.96. The van der Waals surface area contributed by atoms with Crippen molar-refractivity contribution < 1.29 is 37.0 Å². The predicted molar refractivity (Wildman–Crippen MR) is 132 cm³/mol. The van der Waals surface area contributed by atoms with Gasteiger partial charge in [0.05, 0.1) is 42.9 Å². The van der Waals surface area contributed by atoms with Gasteiger partial charge in [0.15, 0.2) is 11.6 Å². The Hall–Kier alpha value is -3.50. The zero-order valence-corrected chi connectivity index (χ0v) is 21.6. The molecule has 37 heavy (non-hydrogen) atoms. The topological polar surface area (TPSA) is 90.0 Å². The summed E-state index contributed by atoms with van der Waals surface area (Å²) in [6.07, 6.45) is -1.87. The fraction of sp³-hybridized carbons (Fsp3) is 0.500. The number of carbonyl (C=O) groups is 2. The van der Waals surface area contributed by atoms with Gasteiger partial charge in [-0.25, -0.2) is 22.8 Å². The first-order chi connectivity index (χ1) is 17.4.